The van der Waals surface area contributed by atoms with Crippen LogP contribution in [0.1, 0.15) is 25.7 Å². The van der Waals surface area contributed by atoms with Crippen molar-refractivity contribution >= 4 is 16.1 Å². The summed E-state index contributed by atoms with van der Waals surface area (Å²) in [5.41, 5.74) is -0.0825. The molecule has 0 unspecified atom stereocenters. The van der Waals surface area contributed by atoms with E-state index in [-0.39, 0.29) is 16.4 Å². The van der Waals surface area contributed by atoms with Crippen LogP contribution in [0.25, 0.3) is 0 Å². The smallest absolute Gasteiger partial charge is 0.465 e. The van der Waals surface area contributed by atoms with Crippen LogP contribution in [-0.2, 0) is 10.0 Å². The van der Waals surface area contributed by atoms with Gasteiger partial charge in [0, 0.05) is 30.6 Å². The minimum absolute atomic E-state index is 0.0825. The summed E-state index contributed by atoms with van der Waals surface area (Å²) in [6.07, 6.45) is -3.37. The summed E-state index contributed by atoms with van der Waals surface area (Å²) < 4.78 is 68.1. The van der Waals surface area contributed by atoms with Gasteiger partial charge in [-0.2, -0.15) is 0 Å². The Morgan fingerprint density at radius 3 is 2.44 bits per heavy atom. The fourth-order valence-corrected chi connectivity index (χ4v) is 5.03. The summed E-state index contributed by atoms with van der Waals surface area (Å²) in [5.74, 6) is -0.601. The molecule has 2 aliphatic rings. The molecule has 1 amide bonds. The van der Waals surface area contributed by atoms with Gasteiger partial charge in [-0.3, -0.25) is 0 Å². The van der Waals surface area contributed by atoms with Crippen LogP contribution in [0.2, 0.25) is 0 Å². The lowest BCUT2D eigenvalue weighted by Gasteiger charge is -2.52. The monoisotopic (exact) mass is 408 g/mol. The third kappa shape index (κ3) is 4.64. The Morgan fingerprint density at radius 2 is 1.89 bits per heavy atom. The summed E-state index contributed by atoms with van der Waals surface area (Å²) in [4.78, 5) is 11.9. The van der Waals surface area contributed by atoms with Crippen LogP contribution in [-0.4, -0.2) is 50.0 Å². The molecular formula is C16H19F3N2O5S. The molecule has 1 heterocycles. The van der Waals surface area contributed by atoms with E-state index in [0.717, 1.165) is 12.1 Å². The number of carboxylic acid groups (broad SMARTS) is 1. The average Bonchev–Trinajstić information content (AvgIpc) is 2.51. The maximum Gasteiger partial charge on any atom is 0.573 e. The van der Waals surface area contributed by atoms with Gasteiger partial charge in [0.2, 0.25) is 10.0 Å². The van der Waals surface area contributed by atoms with E-state index in [0.29, 0.717) is 38.8 Å². The van der Waals surface area contributed by atoms with Crippen molar-refractivity contribution < 1.29 is 36.2 Å². The fourth-order valence-electron chi connectivity index (χ4n) is 3.69. The Morgan fingerprint density at radius 1 is 1.26 bits per heavy atom. The quantitative estimate of drug-likeness (QED) is 0.799. The van der Waals surface area contributed by atoms with Crippen molar-refractivity contribution in [3.63, 3.8) is 0 Å². The molecule has 2 fully saturated rings. The van der Waals surface area contributed by atoms with Crippen molar-refractivity contribution in [3.05, 3.63) is 24.3 Å². The van der Waals surface area contributed by atoms with Gasteiger partial charge in [-0.15, -0.1) is 13.2 Å². The number of hydrogen-bond donors (Lipinski definition) is 2. The lowest BCUT2D eigenvalue weighted by Crippen LogP contribution is -2.60. The maximum absolute atomic E-state index is 12.5. The van der Waals surface area contributed by atoms with E-state index in [1.807, 2.05) is 0 Å². The third-order valence-electron chi connectivity index (χ3n) is 5.04. The number of sulfonamides is 1. The van der Waals surface area contributed by atoms with E-state index in [4.69, 9.17) is 5.11 Å². The van der Waals surface area contributed by atoms with Crippen molar-refractivity contribution in [1.82, 2.24) is 9.62 Å². The largest absolute Gasteiger partial charge is 0.573 e. The number of rotatable bonds is 4. The Labute approximate surface area is 154 Å². The summed E-state index contributed by atoms with van der Waals surface area (Å²) in [6.45, 7) is 0.914. The zero-order valence-corrected chi connectivity index (χ0v) is 15.0. The van der Waals surface area contributed by atoms with E-state index >= 15 is 0 Å². The second-order valence-corrected chi connectivity index (χ2v) is 8.77. The normalized spacial score (nSPS) is 20.3. The highest BCUT2D eigenvalue weighted by Crippen LogP contribution is 2.44. The molecule has 11 heteroatoms. The molecular weight excluding hydrogens is 389 g/mol. The molecule has 1 spiro atoms. The van der Waals surface area contributed by atoms with Gasteiger partial charge in [0.1, 0.15) is 5.75 Å². The second kappa shape index (κ2) is 6.86. The Kier molecular flexibility index (Phi) is 5.02. The fraction of sp³-hybridized carbons (Fsp3) is 0.562. The van der Waals surface area contributed by atoms with Crippen LogP contribution in [0.5, 0.6) is 5.75 Å². The van der Waals surface area contributed by atoms with Gasteiger partial charge in [-0.25, -0.2) is 17.9 Å². The van der Waals surface area contributed by atoms with Crippen LogP contribution in [0.15, 0.2) is 29.2 Å². The molecule has 7 nitrogen and oxygen atoms in total. The molecule has 2 N–H and O–H groups in total. The molecule has 1 aromatic rings. The number of likely N-dealkylation sites (tertiary alicyclic amines) is 1. The molecule has 150 valence electrons. The highest BCUT2D eigenvalue weighted by molar-refractivity contribution is 7.89. The van der Waals surface area contributed by atoms with Crippen LogP contribution in [0.3, 0.4) is 0 Å². The number of ether oxygens (including phenoxy) is 1. The van der Waals surface area contributed by atoms with E-state index < -0.39 is 28.2 Å². The predicted octanol–water partition coefficient (Wildman–Crippen LogP) is 2.79. The van der Waals surface area contributed by atoms with Crippen LogP contribution >= 0.6 is 0 Å². The predicted molar refractivity (Wildman–Crippen MR) is 87.7 cm³/mol. The van der Waals surface area contributed by atoms with Crippen molar-refractivity contribution in [1.29, 1.82) is 0 Å². The Balaban J connectivity index is 1.60. The van der Waals surface area contributed by atoms with Gasteiger partial charge in [-0.05, 0) is 37.8 Å². The minimum atomic E-state index is -4.90. The van der Waals surface area contributed by atoms with Crippen molar-refractivity contribution in [2.75, 3.05) is 13.1 Å². The molecule has 1 saturated heterocycles. The molecule has 1 aliphatic carbocycles. The first-order valence-electron chi connectivity index (χ1n) is 8.34. The summed E-state index contributed by atoms with van der Waals surface area (Å²) in [5, 5.41) is 8.92. The number of amides is 1. The standard InChI is InChI=1S/C16H19F3N2O5S/c17-16(18,19)26-12-2-1-3-13(8-12)27(24,25)20-11-4-6-15(7-5-11)9-21(10-15)14(22)23/h1-3,8,11,20H,4-7,9-10H2,(H,22,23). The zero-order chi connectivity index (χ0) is 19.9. The van der Waals surface area contributed by atoms with Crippen molar-refractivity contribution in [2.24, 2.45) is 5.41 Å². The molecule has 1 saturated carbocycles. The van der Waals surface area contributed by atoms with Gasteiger partial charge >= 0.3 is 12.5 Å². The summed E-state index contributed by atoms with van der Waals surface area (Å²) in [7, 11) is -3.99. The topological polar surface area (TPSA) is 95.9 Å². The minimum Gasteiger partial charge on any atom is -0.465 e. The molecule has 1 aliphatic heterocycles. The Hall–Kier alpha value is -2.01. The molecule has 1 aromatic carbocycles. The number of hydrogen-bond acceptors (Lipinski definition) is 4. The Bertz CT molecular complexity index is 812. The summed E-state index contributed by atoms with van der Waals surface area (Å²) >= 11 is 0. The average molecular weight is 408 g/mol. The highest BCUT2D eigenvalue weighted by atomic mass is 32.2. The van der Waals surface area contributed by atoms with Crippen LogP contribution < -0.4 is 9.46 Å². The summed E-state index contributed by atoms with van der Waals surface area (Å²) in [6, 6.07) is 3.90. The van der Waals surface area contributed by atoms with E-state index in [9.17, 15) is 26.4 Å². The SMILES string of the molecule is O=C(O)N1CC2(CCC(NS(=O)(=O)c3cccc(OC(F)(F)F)c3)CC2)C1. The first kappa shape index (κ1) is 19.7. The highest BCUT2D eigenvalue weighted by Gasteiger charge is 2.47. The van der Waals surface area contributed by atoms with Gasteiger partial charge in [0.15, 0.2) is 0 Å². The van der Waals surface area contributed by atoms with Gasteiger partial charge in [0.25, 0.3) is 0 Å². The van der Waals surface area contributed by atoms with Crippen molar-refractivity contribution in [3.8, 4) is 5.75 Å². The van der Waals surface area contributed by atoms with E-state index in [1.165, 1.54) is 17.0 Å². The molecule has 0 atom stereocenters. The molecule has 0 radical (unpaired) electrons. The van der Waals surface area contributed by atoms with Crippen LogP contribution in [0.4, 0.5) is 18.0 Å². The lowest BCUT2D eigenvalue weighted by atomic mass is 9.68. The third-order valence-corrected chi connectivity index (χ3v) is 6.56. The number of halogens is 3. The second-order valence-electron chi connectivity index (χ2n) is 7.06. The number of nitrogens with one attached hydrogen (secondary N) is 1. The van der Waals surface area contributed by atoms with Gasteiger partial charge in [-0.1, -0.05) is 6.07 Å². The zero-order valence-electron chi connectivity index (χ0n) is 14.2. The first-order valence-corrected chi connectivity index (χ1v) is 9.82. The van der Waals surface area contributed by atoms with Gasteiger partial charge in [0.05, 0.1) is 4.90 Å². The number of carbonyl (C=O) groups is 1. The molecule has 27 heavy (non-hydrogen) atoms. The van der Waals surface area contributed by atoms with Crippen molar-refractivity contribution in [2.45, 2.75) is 43.0 Å². The number of alkyl halides is 3. The molecule has 3 rings (SSSR count). The number of benzene rings is 1. The molecule has 0 bridgehead atoms. The van der Waals surface area contributed by atoms with E-state index in [2.05, 4.69) is 9.46 Å². The van der Waals surface area contributed by atoms with Gasteiger partial charge < -0.3 is 14.7 Å². The lowest BCUT2D eigenvalue weighted by molar-refractivity contribution is -0.274. The molecule has 0 aromatic heterocycles. The van der Waals surface area contributed by atoms with E-state index in [1.54, 1.807) is 0 Å². The number of nitrogens with zero attached hydrogens (tertiary/aromatic N) is 1. The van der Waals surface area contributed by atoms with Crippen LogP contribution in [0, 0.1) is 5.41 Å². The first-order chi connectivity index (χ1) is 12.5. The maximum atomic E-state index is 12.5.